The summed E-state index contributed by atoms with van der Waals surface area (Å²) < 4.78 is 14.7. The molecule has 4 unspecified atom stereocenters. The van der Waals surface area contributed by atoms with Crippen molar-refractivity contribution in [1.29, 1.82) is 0 Å². The smallest absolute Gasteiger partial charge is 0.303 e. The SMILES string of the molecule is CC(=O)OC1C[C@@H]2CC[C@@H]3[C@@H](CC[C@]4(C)C(OC(C)=O)C([N+]5(C)CCCCC5)C[C@@H]34)[C@@]2(C)CC1[N+]1(C)CCCCC1.[Br-].[Br-]. The maximum Gasteiger partial charge on any atom is 0.303 e. The average Bonchev–Trinajstić information content (AvgIpc) is 3.21. The lowest BCUT2D eigenvalue weighted by atomic mass is 9.44. The number of halogens is 2. The molecule has 2 aliphatic heterocycles. The molecule has 6 rings (SSSR count). The summed E-state index contributed by atoms with van der Waals surface area (Å²) in [6.45, 7) is 13.3. The highest BCUT2D eigenvalue weighted by Gasteiger charge is 2.68. The van der Waals surface area contributed by atoms with Gasteiger partial charge in [0.15, 0.2) is 12.2 Å². The summed E-state index contributed by atoms with van der Waals surface area (Å²) in [5.41, 5.74) is 0.377. The maximum absolute atomic E-state index is 12.5. The Morgan fingerprint density at radius 3 is 1.79 bits per heavy atom. The highest BCUT2D eigenvalue weighted by atomic mass is 79.9. The van der Waals surface area contributed by atoms with Gasteiger partial charge in [-0.05, 0) is 99.7 Å². The topological polar surface area (TPSA) is 52.6 Å². The van der Waals surface area contributed by atoms with Crippen LogP contribution < -0.4 is 34.0 Å². The first-order chi connectivity index (χ1) is 19.4. The Morgan fingerprint density at radius 2 is 1.23 bits per heavy atom. The Kier molecular flexibility index (Phi) is 10.9. The molecule has 10 atom stereocenters. The van der Waals surface area contributed by atoms with Gasteiger partial charge in [0.05, 0.1) is 40.3 Å². The fraction of sp³-hybridized carbons (Fsp3) is 0.943. The first-order valence-corrected chi connectivity index (χ1v) is 17.4. The molecule has 2 heterocycles. The molecule has 6 nitrogen and oxygen atoms in total. The van der Waals surface area contributed by atoms with Crippen molar-refractivity contribution in [2.75, 3.05) is 40.3 Å². The molecule has 0 amide bonds. The molecule has 0 aromatic heterocycles. The van der Waals surface area contributed by atoms with Gasteiger partial charge < -0.3 is 52.4 Å². The Bertz CT molecular complexity index is 1010. The van der Waals surface area contributed by atoms with Crippen molar-refractivity contribution in [3.05, 3.63) is 0 Å². The van der Waals surface area contributed by atoms with E-state index in [4.69, 9.17) is 9.47 Å². The summed E-state index contributed by atoms with van der Waals surface area (Å²) in [6, 6.07) is 0.846. The third-order valence-electron chi connectivity index (χ3n) is 14.5. The van der Waals surface area contributed by atoms with Crippen molar-refractivity contribution < 1.29 is 62.0 Å². The summed E-state index contributed by atoms with van der Waals surface area (Å²) in [5, 5.41) is 0. The van der Waals surface area contributed by atoms with E-state index in [1.54, 1.807) is 13.8 Å². The molecular weight excluding hydrogens is 672 g/mol. The molecule has 0 N–H and O–H groups in total. The van der Waals surface area contributed by atoms with Gasteiger partial charge in [0, 0.05) is 32.1 Å². The van der Waals surface area contributed by atoms with Gasteiger partial charge in [-0.1, -0.05) is 13.8 Å². The second kappa shape index (κ2) is 13.1. The molecule has 0 aromatic carbocycles. The van der Waals surface area contributed by atoms with Crippen LogP contribution in [0.15, 0.2) is 0 Å². The molecule has 0 aromatic rings. The van der Waals surface area contributed by atoms with E-state index in [-0.39, 0.29) is 63.5 Å². The number of carbonyl (C=O) groups is 2. The van der Waals surface area contributed by atoms with Crippen LogP contribution in [0.1, 0.15) is 111 Å². The van der Waals surface area contributed by atoms with E-state index >= 15 is 0 Å². The molecule has 8 heteroatoms. The Balaban J connectivity index is 0.00000212. The van der Waals surface area contributed by atoms with Crippen molar-refractivity contribution in [3.8, 4) is 0 Å². The number of piperidine rings is 2. The summed E-state index contributed by atoms with van der Waals surface area (Å²) in [7, 11) is 4.94. The second-order valence-corrected chi connectivity index (χ2v) is 16.7. The predicted molar refractivity (Wildman–Crippen MR) is 161 cm³/mol. The third-order valence-corrected chi connectivity index (χ3v) is 14.5. The van der Waals surface area contributed by atoms with E-state index in [1.165, 1.54) is 103 Å². The molecule has 2 saturated heterocycles. The number of hydrogen-bond donors (Lipinski definition) is 0. The van der Waals surface area contributed by atoms with Crippen LogP contribution in [0.4, 0.5) is 0 Å². The van der Waals surface area contributed by atoms with E-state index in [0.717, 1.165) is 21.3 Å². The number of likely N-dealkylation sites (tertiary alicyclic amines) is 2. The average molecular weight is 733 g/mol. The number of ether oxygens (including phenoxy) is 2. The highest BCUT2D eigenvalue weighted by molar-refractivity contribution is 5.66. The summed E-state index contributed by atoms with van der Waals surface area (Å²) in [4.78, 5) is 24.8. The minimum Gasteiger partial charge on any atom is -1.00 e. The number of fused-ring (bicyclic) bond motifs is 5. The van der Waals surface area contributed by atoms with Gasteiger partial charge >= 0.3 is 11.9 Å². The number of rotatable bonds is 4. The van der Waals surface area contributed by atoms with Gasteiger partial charge in [-0.2, -0.15) is 0 Å². The van der Waals surface area contributed by atoms with Gasteiger partial charge in [-0.25, -0.2) is 0 Å². The van der Waals surface area contributed by atoms with Gasteiger partial charge in [0.25, 0.3) is 0 Å². The van der Waals surface area contributed by atoms with Crippen LogP contribution in [0.3, 0.4) is 0 Å². The summed E-state index contributed by atoms with van der Waals surface area (Å²) in [6.07, 6.45) is 16.4. The molecule has 43 heavy (non-hydrogen) atoms. The normalized spacial score (nSPS) is 44.7. The summed E-state index contributed by atoms with van der Waals surface area (Å²) >= 11 is 0. The number of esters is 2. The van der Waals surface area contributed by atoms with Crippen molar-refractivity contribution in [1.82, 2.24) is 0 Å². The Hall–Kier alpha value is -0.180. The number of likely N-dealkylation sites (N-methyl/N-ethyl adjacent to an activating group) is 2. The largest absolute Gasteiger partial charge is 1.00 e. The van der Waals surface area contributed by atoms with Crippen LogP contribution >= 0.6 is 0 Å². The molecular formula is C35H60Br2N2O4. The number of nitrogens with zero attached hydrogens (tertiary/aromatic N) is 2. The molecule has 6 fully saturated rings. The first kappa shape index (κ1) is 35.7. The Labute approximate surface area is 283 Å². The fourth-order valence-corrected chi connectivity index (χ4v) is 12.3. The predicted octanol–water partition coefficient (Wildman–Crippen LogP) is 0.119. The lowest BCUT2D eigenvalue weighted by molar-refractivity contribution is -0.943. The minimum absolute atomic E-state index is 0. The fourth-order valence-electron chi connectivity index (χ4n) is 12.3. The molecule has 0 spiro atoms. The quantitative estimate of drug-likeness (QED) is 0.305. The van der Waals surface area contributed by atoms with Gasteiger partial charge in [0.1, 0.15) is 12.1 Å². The third kappa shape index (κ3) is 6.15. The molecule has 248 valence electrons. The standard InChI is InChI=1S/C35H60N2O4.2BrH/c1-24(38)40-32-21-26-13-14-27-28(35(26,4)23-31(32)37(6)19-11-8-12-20-37)15-16-34(3)29(27)22-30(33(34)41-25(2)39)36(5)17-9-7-10-18-36;;/h26-33H,7-23H2,1-6H3;2*1H/q+2;;/p-2/t26-,27+,28+,29-,30?,31?,32?,33?,34-,35-;;/m0../s1. The highest BCUT2D eigenvalue weighted by Crippen LogP contribution is 2.68. The second-order valence-electron chi connectivity index (χ2n) is 16.7. The minimum atomic E-state index is -0.0998. The molecule has 0 bridgehead atoms. The van der Waals surface area contributed by atoms with Crippen LogP contribution in [-0.4, -0.2) is 85.5 Å². The zero-order valence-corrected chi connectivity index (χ0v) is 31.1. The van der Waals surface area contributed by atoms with Crippen LogP contribution in [0.2, 0.25) is 0 Å². The van der Waals surface area contributed by atoms with Gasteiger partial charge in [-0.3, -0.25) is 9.59 Å². The lowest BCUT2D eigenvalue weighted by Gasteiger charge is -2.63. The van der Waals surface area contributed by atoms with E-state index in [1.807, 2.05) is 0 Å². The number of quaternary nitrogens is 2. The van der Waals surface area contributed by atoms with E-state index in [2.05, 4.69) is 27.9 Å². The Morgan fingerprint density at radius 1 is 0.674 bits per heavy atom. The van der Waals surface area contributed by atoms with Crippen LogP contribution in [0.5, 0.6) is 0 Å². The van der Waals surface area contributed by atoms with E-state index in [9.17, 15) is 9.59 Å². The van der Waals surface area contributed by atoms with Crippen LogP contribution in [0.25, 0.3) is 0 Å². The number of carbonyl (C=O) groups excluding carboxylic acids is 2. The van der Waals surface area contributed by atoms with Crippen LogP contribution in [-0.2, 0) is 19.1 Å². The van der Waals surface area contributed by atoms with E-state index in [0.29, 0.717) is 35.3 Å². The zero-order chi connectivity index (χ0) is 29.2. The molecule has 4 saturated carbocycles. The van der Waals surface area contributed by atoms with Crippen molar-refractivity contribution in [3.63, 3.8) is 0 Å². The lowest BCUT2D eigenvalue weighted by Crippen LogP contribution is -3.00. The molecule has 0 radical (unpaired) electrons. The number of hydrogen-bond acceptors (Lipinski definition) is 4. The summed E-state index contributed by atoms with van der Waals surface area (Å²) in [5.74, 6) is 2.52. The molecule has 6 aliphatic rings. The van der Waals surface area contributed by atoms with Crippen molar-refractivity contribution >= 4 is 11.9 Å². The monoisotopic (exact) mass is 730 g/mol. The van der Waals surface area contributed by atoms with Gasteiger partial charge in [0.2, 0.25) is 0 Å². The van der Waals surface area contributed by atoms with Gasteiger partial charge in [-0.15, -0.1) is 0 Å². The zero-order valence-electron chi connectivity index (χ0n) is 27.9. The first-order valence-electron chi connectivity index (χ1n) is 17.4. The van der Waals surface area contributed by atoms with E-state index < -0.39 is 0 Å². The van der Waals surface area contributed by atoms with Crippen molar-refractivity contribution in [2.45, 2.75) is 135 Å². The molecule has 4 aliphatic carbocycles. The van der Waals surface area contributed by atoms with Crippen LogP contribution in [0, 0.1) is 34.5 Å². The maximum atomic E-state index is 12.5. The van der Waals surface area contributed by atoms with Crippen molar-refractivity contribution in [2.24, 2.45) is 34.5 Å².